The van der Waals surface area contributed by atoms with E-state index in [2.05, 4.69) is 78.0 Å². The lowest BCUT2D eigenvalue weighted by molar-refractivity contribution is -0.129. The molecule has 1 aromatic rings. The van der Waals surface area contributed by atoms with Crippen LogP contribution in [-0.4, -0.2) is 41.8 Å². The number of likely N-dealkylation sites (N-methyl/N-ethyl adjacent to an activating group) is 1. The number of hydrogen-bond acceptors (Lipinski definition) is 3. The number of nitrogens with one attached hydrogen (secondary N) is 1. The molecule has 5 heteroatoms. The van der Waals surface area contributed by atoms with E-state index in [1.54, 1.807) is 36.3 Å². The lowest BCUT2D eigenvalue weighted by Crippen LogP contribution is -2.36. The molecule has 0 unspecified atom stereocenters. The van der Waals surface area contributed by atoms with Crippen LogP contribution in [0.3, 0.4) is 0 Å². The van der Waals surface area contributed by atoms with Crippen LogP contribution in [0.5, 0.6) is 0 Å². The van der Waals surface area contributed by atoms with Crippen molar-refractivity contribution >= 4 is 11.8 Å². The SMILES string of the molecule is CC/C=C\C/C=C\C/C=C\C/C=C\C/C=C\CCCC(=O)N(C)CCNC(=O)c1ccccn1. The Balaban J connectivity index is 2.02. The Bertz CT molecular complexity index is 823. The number of carbonyl (C=O) groups is 2. The second-order valence-electron chi connectivity index (χ2n) is 7.89. The molecule has 5 nitrogen and oxygen atoms in total. The van der Waals surface area contributed by atoms with Crippen LogP contribution < -0.4 is 5.32 Å². The Morgan fingerprint density at radius 2 is 1.47 bits per heavy atom. The molecule has 0 spiro atoms. The van der Waals surface area contributed by atoms with Gasteiger partial charge in [0.25, 0.3) is 5.91 Å². The highest BCUT2D eigenvalue weighted by Crippen LogP contribution is 2.02. The Morgan fingerprint density at radius 1 is 0.882 bits per heavy atom. The van der Waals surface area contributed by atoms with Crippen LogP contribution in [0.1, 0.15) is 68.8 Å². The zero-order valence-corrected chi connectivity index (χ0v) is 20.9. The van der Waals surface area contributed by atoms with Gasteiger partial charge in [-0.05, 0) is 57.1 Å². The molecule has 184 valence electrons. The molecule has 0 saturated carbocycles. The van der Waals surface area contributed by atoms with E-state index in [0.717, 1.165) is 44.9 Å². The highest BCUT2D eigenvalue weighted by Gasteiger charge is 2.09. The molecule has 0 bridgehead atoms. The molecule has 34 heavy (non-hydrogen) atoms. The van der Waals surface area contributed by atoms with E-state index in [-0.39, 0.29) is 11.8 Å². The molecule has 0 radical (unpaired) electrons. The smallest absolute Gasteiger partial charge is 0.269 e. The van der Waals surface area contributed by atoms with E-state index in [1.165, 1.54) is 0 Å². The average Bonchev–Trinajstić information content (AvgIpc) is 2.86. The minimum absolute atomic E-state index is 0.0967. The third-order valence-electron chi connectivity index (χ3n) is 4.98. The van der Waals surface area contributed by atoms with Crippen LogP contribution in [0, 0.1) is 0 Å². The van der Waals surface area contributed by atoms with Crippen molar-refractivity contribution in [3.63, 3.8) is 0 Å². The molecular weight excluding hydrogens is 422 g/mol. The highest BCUT2D eigenvalue weighted by molar-refractivity contribution is 5.92. The fourth-order valence-corrected chi connectivity index (χ4v) is 2.98. The Kier molecular flexibility index (Phi) is 17.3. The summed E-state index contributed by atoms with van der Waals surface area (Å²) in [4.78, 5) is 29.8. The van der Waals surface area contributed by atoms with Gasteiger partial charge in [-0.25, -0.2) is 0 Å². The van der Waals surface area contributed by atoms with Gasteiger partial charge in [0, 0.05) is 32.8 Å². The van der Waals surface area contributed by atoms with Crippen molar-refractivity contribution in [2.75, 3.05) is 20.1 Å². The number of rotatable bonds is 17. The molecule has 1 N–H and O–H groups in total. The minimum atomic E-state index is -0.222. The van der Waals surface area contributed by atoms with Gasteiger partial charge in [-0.2, -0.15) is 0 Å². The van der Waals surface area contributed by atoms with Crippen LogP contribution in [0.4, 0.5) is 0 Å². The maximum Gasteiger partial charge on any atom is 0.269 e. The molecule has 0 aliphatic carbocycles. The number of hydrogen-bond donors (Lipinski definition) is 1. The molecule has 0 aliphatic heterocycles. The van der Waals surface area contributed by atoms with Crippen LogP contribution in [0.15, 0.2) is 85.2 Å². The number of amides is 2. The maximum absolute atomic E-state index is 12.2. The molecule has 0 saturated heterocycles. The molecule has 1 rings (SSSR count). The van der Waals surface area contributed by atoms with E-state index in [4.69, 9.17) is 0 Å². The Labute approximate surface area is 206 Å². The van der Waals surface area contributed by atoms with Crippen molar-refractivity contribution in [3.05, 3.63) is 90.9 Å². The minimum Gasteiger partial charge on any atom is -0.349 e. The number of aromatic nitrogens is 1. The maximum atomic E-state index is 12.2. The molecular formula is C29H41N3O2. The van der Waals surface area contributed by atoms with E-state index in [0.29, 0.717) is 25.2 Å². The molecule has 2 amide bonds. The van der Waals surface area contributed by atoms with Gasteiger partial charge < -0.3 is 10.2 Å². The predicted molar refractivity (Wildman–Crippen MR) is 143 cm³/mol. The van der Waals surface area contributed by atoms with Gasteiger partial charge in [0.2, 0.25) is 5.91 Å². The topological polar surface area (TPSA) is 62.3 Å². The van der Waals surface area contributed by atoms with E-state index >= 15 is 0 Å². The summed E-state index contributed by atoms with van der Waals surface area (Å²) in [6, 6.07) is 5.20. The second kappa shape index (κ2) is 20.4. The Morgan fingerprint density at radius 3 is 2.03 bits per heavy atom. The summed E-state index contributed by atoms with van der Waals surface area (Å²) in [6.45, 7) is 3.04. The first kappa shape index (κ1) is 28.8. The molecule has 0 fully saturated rings. The fraction of sp³-hybridized carbons (Fsp3) is 0.414. The molecule has 0 aliphatic rings. The zero-order valence-electron chi connectivity index (χ0n) is 20.9. The normalized spacial score (nSPS) is 12.1. The van der Waals surface area contributed by atoms with Crippen LogP contribution in [0.2, 0.25) is 0 Å². The van der Waals surface area contributed by atoms with Crippen LogP contribution in [0.25, 0.3) is 0 Å². The standard InChI is InChI=1S/C29H41N3O2/c1-3-4-5-6-7-8-9-10-11-12-13-14-15-16-17-18-19-23-28(33)32(2)26-25-31-29(34)27-22-20-21-24-30-27/h4-5,7-8,10-11,13-14,16-17,20-22,24H,3,6,9,12,15,18-19,23,25-26H2,1-2H3,(H,31,34)/b5-4-,8-7-,11-10-,14-13-,17-16-. The summed E-state index contributed by atoms with van der Waals surface area (Å²) >= 11 is 0. The summed E-state index contributed by atoms with van der Waals surface area (Å²) in [7, 11) is 1.77. The van der Waals surface area contributed by atoms with Gasteiger partial charge in [-0.3, -0.25) is 14.6 Å². The Hall–Kier alpha value is -3.21. The fourth-order valence-electron chi connectivity index (χ4n) is 2.98. The van der Waals surface area contributed by atoms with Crippen molar-refractivity contribution in [2.45, 2.75) is 58.3 Å². The molecule has 0 aromatic carbocycles. The lowest BCUT2D eigenvalue weighted by atomic mass is 10.2. The third-order valence-corrected chi connectivity index (χ3v) is 4.98. The number of nitrogens with zero attached hydrogens (tertiary/aromatic N) is 2. The van der Waals surface area contributed by atoms with Gasteiger partial charge in [-0.1, -0.05) is 73.8 Å². The quantitative estimate of drug-likeness (QED) is 0.221. The number of allylic oxidation sites excluding steroid dienone is 10. The van der Waals surface area contributed by atoms with E-state index in [9.17, 15) is 9.59 Å². The van der Waals surface area contributed by atoms with Crippen molar-refractivity contribution in [2.24, 2.45) is 0 Å². The zero-order chi connectivity index (χ0) is 24.7. The van der Waals surface area contributed by atoms with Crippen molar-refractivity contribution in [3.8, 4) is 0 Å². The summed E-state index contributed by atoms with van der Waals surface area (Å²) in [5, 5.41) is 2.79. The molecule has 1 heterocycles. The van der Waals surface area contributed by atoms with Gasteiger partial charge in [0.05, 0.1) is 0 Å². The highest BCUT2D eigenvalue weighted by atomic mass is 16.2. The summed E-state index contributed by atoms with van der Waals surface area (Å²) in [5.41, 5.74) is 0.383. The monoisotopic (exact) mass is 463 g/mol. The van der Waals surface area contributed by atoms with Crippen LogP contribution in [-0.2, 0) is 4.79 Å². The van der Waals surface area contributed by atoms with Gasteiger partial charge in [0.15, 0.2) is 0 Å². The summed E-state index contributed by atoms with van der Waals surface area (Å²) in [5.74, 6) is -0.126. The van der Waals surface area contributed by atoms with E-state index in [1.807, 2.05) is 0 Å². The van der Waals surface area contributed by atoms with Crippen molar-refractivity contribution in [1.82, 2.24) is 15.2 Å². The third kappa shape index (κ3) is 15.6. The average molecular weight is 464 g/mol. The van der Waals surface area contributed by atoms with Crippen molar-refractivity contribution in [1.29, 1.82) is 0 Å². The number of carbonyl (C=O) groups excluding carboxylic acids is 2. The number of unbranched alkanes of at least 4 members (excludes halogenated alkanes) is 1. The first-order chi connectivity index (χ1) is 16.6. The van der Waals surface area contributed by atoms with Crippen molar-refractivity contribution < 1.29 is 9.59 Å². The van der Waals surface area contributed by atoms with E-state index < -0.39 is 0 Å². The molecule has 0 atom stereocenters. The van der Waals surface area contributed by atoms with Gasteiger partial charge in [-0.15, -0.1) is 0 Å². The van der Waals surface area contributed by atoms with Crippen LogP contribution >= 0.6 is 0 Å². The lowest BCUT2D eigenvalue weighted by Gasteiger charge is -2.17. The van der Waals surface area contributed by atoms with Gasteiger partial charge in [0.1, 0.15) is 5.69 Å². The largest absolute Gasteiger partial charge is 0.349 e. The number of pyridine rings is 1. The van der Waals surface area contributed by atoms with Gasteiger partial charge >= 0.3 is 0 Å². The first-order valence-electron chi connectivity index (χ1n) is 12.3. The summed E-state index contributed by atoms with van der Waals surface area (Å²) < 4.78 is 0. The first-order valence-corrected chi connectivity index (χ1v) is 12.3. The molecule has 1 aromatic heterocycles. The second-order valence-corrected chi connectivity index (χ2v) is 7.89. The predicted octanol–water partition coefficient (Wildman–Crippen LogP) is 6.19. The summed E-state index contributed by atoms with van der Waals surface area (Å²) in [6.07, 6.45) is 30.6.